The van der Waals surface area contributed by atoms with Crippen LogP contribution < -0.4 is 5.32 Å². The average Bonchev–Trinajstić information content (AvgIpc) is 2.80. The largest absolute Gasteiger partial charge is 0.503 e. The van der Waals surface area contributed by atoms with Gasteiger partial charge in [-0.3, -0.25) is 0 Å². The maximum Gasteiger partial charge on any atom is 0.187 e. The van der Waals surface area contributed by atoms with E-state index in [1.54, 1.807) is 7.11 Å². The molecule has 3 nitrogen and oxygen atoms in total. The third kappa shape index (κ3) is 2.79. The van der Waals surface area contributed by atoms with Crippen LogP contribution >= 0.6 is 0 Å². The third-order valence-electron chi connectivity index (χ3n) is 3.40. The molecule has 0 bridgehead atoms. The van der Waals surface area contributed by atoms with E-state index in [1.807, 2.05) is 0 Å². The minimum absolute atomic E-state index is 0.164. The molecule has 0 aromatic heterocycles. The summed E-state index contributed by atoms with van der Waals surface area (Å²) in [6, 6.07) is 2.50. The first-order chi connectivity index (χ1) is 8.61. The number of nitrogens with one attached hydrogen (secondary N) is 1. The summed E-state index contributed by atoms with van der Waals surface area (Å²) < 4.78 is 31.6. The molecule has 0 amide bonds. The van der Waals surface area contributed by atoms with Gasteiger partial charge in [0.25, 0.3) is 0 Å². The summed E-state index contributed by atoms with van der Waals surface area (Å²) in [5.41, 5.74) is 0.476. The zero-order chi connectivity index (χ0) is 13.1. The second kappa shape index (κ2) is 5.63. The number of aromatic hydroxyl groups is 1. The van der Waals surface area contributed by atoms with Crippen molar-refractivity contribution >= 4 is 0 Å². The summed E-state index contributed by atoms with van der Waals surface area (Å²) in [4.78, 5) is 0. The minimum atomic E-state index is -0.929. The van der Waals surface area contributed by atoms with E-state index in [1.165, 1.54) is 0 Å². The summed E-state index contributed by atoms with van der Waals surface area (Å²) >= 11 is 0. The number of benzene rings is 1. The van der Waals surface area contributed by atoms with Gasteiger partial charge < -0.3 is 15.2 Å². The van der Waals surface area contributed by atoms with Crippen LogP contribution in [0.25, 0.3) is 0 Å². The highest BCUT2D eigenvalue weighted by Gasteiger charge is 2.26. The highest BCUT2D eigenvalue weighted by molar-refractivity contribution is 5.30. The third-order valence-corrected chi connectivity index (χ3v) is 3.40. The van der Waals surface area contributed by atoms with Crippen LogP contribution in [0.1, 0.15) is 24.8 Å². The number of hydrogen-bond donors (Lipinski definition) is 2. The first kappa shape index (κ1) is 13.2. The van der Waals surface area contributed by atoms with Gasteiger partial charge in [-0.15, -0.1) is 0 Å². The lowest BCUT2D eigenvalue weighted by molar-refractivity contribution is 0.0847. The number of hydrogen-bond acceptors (Lipinski definition) is 3. The van der Waals surface area contributed by atoms with Crippen molar-refractivity contribution in [3.05, 3.63) is 29.3 Å². The molecule has 0 heterocycles. The monoisotopic (exact) mass is 257 g/mol. The Morgan fingerprint density at radius 3 is 2.61 bits per heavy atom. The Bertz CT molecular complexity index is 402. The second-order valence-electron chi connectivity index (χ2n) is 4.60. The van der Waals surface area contributed by atoms with E-state index in [0.717, 1.165) is 31.4 Å². The summed E-state index contributed by atoms with van der Waals surface area (Å²) in [7, 11) is 1.67. The molecule has 100 valence electrons. The van der Waals surface area contributed by atoms with Crippen LogP contribution in [0.5, 0.6) is 5.75 Å². The van der Waals surface area contributed by atoms with Crippen molar-refractivity contribution in [3.8, 4) is 5.75 Å². The summed E-state index contributed by atoms with van der Waals surface area (Å²) in [6.45, 7) is 0.360. The lowest BCUT2D eigenvalue weighted by Gasteiger charge is -2.19. The van der Waals surface area contributed by atoms with Gasteiger partial charge >= 0.3 is 0 Å². The fourth-order valence-electron chi connectivity index (χ4n) is 2.41. The van der Waals surface area contributed by atoms with Crippen LogP contribution in [0.4, 0.5) is 8.78 Å². The maximum absolute atomic E-state index is 13.1. The van der Waals surface area contributed by atoms with Crippen molar-refractivity contribution in [1.82, 2.24) is 5.32 Å². The Balaban J connectivity index is 1.98. The van der Waals surface area contributed by atoms with Gasteiger partial charge in [0.15, 0.2) is 17.4 Å². The Kier molecular flexibility index (Phi) is 4.14. The number of rotatable bonds is 4. The molecule has 0 radical (unpaired) electrons. The van der Waals surface area contributed by atoms with E-state index >= 15 is 0 Å². The highest BCUT2D eigenvalue weighted by atomic mass is 19.1. The van der Waals surface area contributed by atoms with Gasteiger partial charge in [-0.1, -0.05) is 0 Å². The van der Waals surface area contributed by atoms with Crippen molar-refractivity contribution < 1.29 is 18.6 Å². The summed E-state index contributed by atoms with van der Waals surface area (Å²) in [6.07, 6.45) is 3.26. The highest BCUT2D eigenvalue weighted by Crippen LogP contribution is 2.24. The Morgan fingerprint density at radius 1 is 1.33 bits per heavy atom. The minimum Gasteiger partial charge on any atom is -0.503 e. The van der Waals surface area contributed by atoms with Crippen molar-refractivity contribution in [2.45, 2.75) is 38.0 Å². The van der Waals surface area contributed by atoms with E-state index in [2.05, 4.69) is 5.32 Å². The van der Waals surface area contributed by atoms with E-state index in [4.69, 9.17) is 9.84 Å². The van der Waals surface area contributed by atoms with Gasteiger partial charge in [0.2, 0.25) is 0 Å². The van der Waals surface area contributed by atoms with Gasteiger partial charge in [0, 0.05) is 19.7 Å². The lowest BCUT2D eigenvalue weighted by atomic mass is 10.1. The zero-order valence-electron chi connectivity index (χ0n) is 10.2. The molecule has 1 aliphatic carbocycles. The molecule has 0 aliphatic heterocycles. The molecule has 1 aliphatic rings. The number of ether oxygens (including phenoxy) is 1. The molecule has 1 fully saturated rings. The normalized spacial score (nSPS) is 23.5. The van der Waals surface area contributed by atoms with Crippen molar-refractivity contribution in [2.24, 2.45) is 0 Å². The fraction of sp³-hybridized carbons (Fsp3) is 0.538. The van der Waals surface area contributed by atoms with Gasteiger partial charge in [0.1, 0.15) is 0 Å². The molecule has 0 saturated heterocycles. The molecular formula is C13H17F2NO2. The molecule has 18 heavy (non-hydrogen) atoms. The fourth-order valence-corrected chi connectivity index (χ4v) is 2.41. The molecule has 1 aromatic rings. The quantitative estimate of drug-likeness (QED) is 0.869. The molecule has 1 aromatic carbocycles. The van der Waals surface area contributed by atoms with Gasteiger partial charge in [-0.2, -0.15) is 0 Å². The first-order valence-electron chi connectivity index (χ1n) is 6.05. The van der Waals surface area contributed by atoms with Crippen molar-refractivity contribution in [3.63, 3.8) is 0 Å². The molecule has 2 rings (SSSR count). The van der Waals surface area contributed by atoms with E-state index in [-0.39, 0.29) is 12.1 Å². The number of phenolic OH excluding ortho intramolecular Hbond substituents is 1. The number of methoxy groups -OCH3 is 1. The SMILES string of the molecule is COC1CCCC1NCc1cc(F)c(O)c(F)c1. The molecule has 0 spiro atoms. The van der Waals surface area contributed by atoms with Gasteiger partial charge in [-0.25, -0.2) is 8.78 Å². The second-order valence-corrected chi connectivity index (χ2v) is 4.60. The van der Waals surface area contributed by atoms with Crippen LogP contribution in [0.15, 0.2) is 12.1 Å². The topological polar surface area (TPSA) is 41.5 Å². The number of halogens is 2. The lowest BCUT2D eigenvalue weighted by Crippen LogP contribution is -2.36. The average molecular weight is 257 g/mol. The summed E-state index contributed by atoms with van der Waals surface area (Å²) in [5, 5.41) is 12.2. The van der Waals surface area contributed by atoms with Crippen LogP contribution in [0, 0.1) is 11.6 Å². The van der Waals surface area contributed by atoms with Crippen LogP contribution in [0.2, 0.25) is 0 Å². The van der Waals surface area contributed by atoms with E-state index in [0.29, 0.717) is 12.1 Å². The van der Waals surface area contributed by atoms with E-state index in [9.17, 15) is 8.78 Å². The van der Waals surface area contributed by atoms with Crippen molar-refractivity contribution in [1.29, 1.82) is 0 Å². The Morgan fingerprint density at radius 2 is 2.00 bits per heavy atom. The Labute approximate surface area is 105 Å². The molecule has 2 atom stereocenters. The maximum atomic E-state index is 13.1. The van der Waals surface area contributed by atoms with Gasteiger partial charge in [0.05, 0.1) is 6.10 Å². The zero-order valence-corrected chi connectivity index (χ0v) is 10.2. The van der Waals surface area contributed by atoms with Gasteiger partial charge in [-0.05, 0) is 37.0 Å². The first-order valence-corrected chi connectivity index (χ1v) is 6.05. The molecule has 2 N–H and O–H groups in total. The molecule has 2 unspecified atom stereocenters. The van der Waals surface area contributed by atoms with E-state index < -0.39 is 17.4 Å². The number of phenols is 1. The standard InChI is InChI=1S/C13H17F2NO2/c1-18-12-4-2-3-11(12)16-7-8-5-9(14)13(17)10(15)6-8/h5-6,11-12,16-17H,2-4,7H2,1H3. The Hall–Kier alpha value is -1.20. The predicted molar refractivity (Wildman–Crippen MR) is 63.3 cm³/mol. The smallest absolute Gasteiger partial charge is 0.187 e. The van der Waals surface area contributed by atoms with Crippen LogP contribution in [-0.4, -0.2) is 24.4 Å². The molecule has 5 heteroatoms. The van der Waals surface area contributed by atoms with Crippen LogP contribution in [0.3, 0.4) is 0 Å². The predicted octanol–water partition coefficient (Wildman–Crippen LogP) is 2.33. The molecular weight excluding hydrogens is 240 g/mol. The van der Waals surface area contributed by atoms with Crippen molar-refractivity contribution in [2.75, 3.05) is 7.11 Å². The molecule has 1 saturated carbocycles. The summed E-state index contributed by atoms with van der Waals surface area (Å²) in [5.74, 6) is -2.78. The van der Waals surface area contributed by atoms with Crippen LogP contribution in [-0.2, 0) is 11.3 Å².